The van der Waals surface area contributed by atoms with Crippen molar-refractivity contribution in [2.24, 2.45) is 0 Å². The summed E-state index contributed by atoms with van der Waals surface area (Å²) in [6.45, 7) is 6.83. The van der Waals surface area contributed by atoms with E-state index in [0.29, 0.717) is 35.7 Å². The van der Waals surface area contributed by atoms with E-state index in [9.17, 15) is 4.79 Å². The monoisotopic (exact) mass is 520 g/mol. The third-order valence-electron chi connectivity index (χ3n) is 5.42. The summed E-state index contributed by atoms with van der Waals surface area (Å²) in [5, 5.41) is 19.9. The molecule has 37 heavy (non-hydrogen) atoms. The van der Waals surface area contributed by atoms with Crippen LogP contribution in [-0.2, 0) is 4.74 Å². The number of aromatic nitrogens is 7. The standard InChI is InChI=1S/C24H28N10O2S/c1-24(2,3)36-23(35)33-11-7-8-16(15-33)27-19-13-25-14-20(28-19)29-22-26-12-18(37-22)21-30-32-34(31-21)17-9-5-4-6-10-17/h4-6,9-10,12-14,16H,7-8,11,15H2,1-3H3,(H2,26,27,28,29)/t16-/m0/s1. The van der Waals surface area contributed by atoms with Crippen molar-refractivity contribution >= 4 is 34.2 Å². The molecule has 4 aromatic rings. The van der Waals surface area contributed by atoms with Gasteiger partial charge in [-0.2, -0.15) is 0 Å². The Morgan fingerprint density at radius 3 is 2.76 bits per heavy atom. The van der Waals surface area contributed by atoms with Crippen molar-refractivity contribution in [2.45, 2.75) is 45.3 Å². The molecule has 5 rings (SSSR count). The molecular weight excluding hydrogens is 492 g/mol. The smallest absolute Gasteiger partial charge is 0.410 e. The van der Waals surface area contributed by atoms with Gasteiger partial charge in [-0.05, 0) is 51.0 Å². The molecule has 1 aromatic carbocycles. The second-order valence-corrected chi connectivity index (χ2v) is 10.6. The van der Waals surface area contributed by atoms with Crippen LogP contribution in [0.15, 0.2) is 48.9 Å². The van der Waals surface area contributed by atoms with E-state index in [0.717, 1.165) is 23.4 Å². The number of piperidine rings is 1. The lowest BCUT2D eigenvalue weighted by atomic mass is 10.1. The number of thiazole rings is 1. The highest BCUT2D eigenvalue weighted by Gasteiger charge is 2.27. The Morgan fingerprint density at radius 2 is 1.95 bits per heavy atom. The van der Waals surface area contributed by atoms with Crippen molar-refractivity contribution < 1.29 is 9.53 Å². The lowest BCUT2D eigenvalue weighted by Gasteiger charge is -2.34. The average molecular weight is 521 g/mol. The normalized spacial score (nSPS) is 15.9. The van der Waals surface area contributed by atoms with Crippen molar-refractivity contribution in [3.05, 3.63) is 48.9 Å². The number of likely N-dealkylation sites (tertiary alicyclic amines) is 1. The van der Waals surface area contributed by atoms with Gasteiger partial charge in [0.2, 0.25) is 5.82 Å². The predicted octanol–water partition coefficient (Wildman–Crippen LogP) is 4.13. The zero-order valence-corrected chi connectivity index (χ0v) is 21.6. The van der Waals surface area contributed by atoms with Crippen LogP contribution in [0.2, 0.25) is 0 Å². The molecule has 0 spiro atoms. The molecule has 2 N–H and O–H groups in total. The summed E-state index contributed by atoms with van der Waals surface area (Å²) in [7, 11) is 0. The minimum atomic E-state index is -0.521. The lowest BCUT2D eigenvalue weighted by molar-refractivity contribution is 0.0206. The first-order valence-electron chi connectivity index (χ1n) is 12.0. The summed E-state index contributed by atoms with van der Waals surface area (Å²) in [4.78, 5) is 29.8. The highest BCUT2D eigenvalue weighted by Crippen LogP contribution is 2.28. The molecular formula is C24H28N10O2S. The third-order valence-corrected chi connectivity index (χ3v) is 6.33. The molecule has 1 atom stereocenters. The molecule has 0 bridgehead atoms. The van der Waals surface area contributed by atoms with Gasteiger partial charge in [0.15, 0.2) is 10.9 Å². The molecule has 0 aliphatic carbocycles. The van der Waals surface area contributed by atoms with E-state index in [1.165, 1.54) is 16.1 Å². The van der Waals surface area contributed by atoms with E-state index >= 15 is 0 Å². The number of anilines is 3. The van der Waals surface area contributed by atoms with Crippen LogP contribution in [-0.4, -0.2) is 70.9 Å². The molecule has 1 saturated heterocycles. The van der Waals surface area contributed by atoms with Gasteiger partial charge in [0.1, 0.15) is 11.4 Å². The van der Waals surface area contributed by atoms with E-state index in [1.807, 2.05) is 51.1 Å². The maximum absolute atomic E-state index is 12.5. The van der Waals surface area contributed by atoms with Crippen LogP contribution in [0.5, 0.6) is 0 Å². The zero-order valence-electron chi connectivity index (χ0n) is 20.8. The Labute approximate surface area is 218 Å². The molecule has 1 amide bonds. The second-order valence-electron chi connectivity index (χ2n) is 9.59. The van der Waals surface area contributed by atoms with Crippen molar-refractivity contribution in [3.63, 3.8) is 0 Å². The van der Waals surface area contributed by atoms with Gasteiger partial charge in [-0.15, -0.1) is 15.0 Å². The van der Waals surface area contributed by atoms with Gasteiger partial charge in [0.25, 0.3) is 0 Å². The van der Waals surface area contributed by atoms with Gasteiger partial charge in [0, 0.05) is 19.1 Å². The first-order chi connectivity index (χ1) is 17.8. The minimum Gasteiger partial charge on any atom is -0.444 e. The average Bonchev–Trinajstić information content (AvgIpc) is 3.54. The van der Waals surface area contributed by atoms with E-state index in [2.05, 4.69) is 41.0 Å². The van der Waals surface area contributed by atoms with Crippen LogP contribution >= 0.6 is 11.3 Å². The Balaban J connectivity index is 1.21. The van der Waals surface area contributed by atoms with Crippen molar-refractivity contribution in [1.82, 2.24) is 40.1 Å². The van der Waals surface area contributed by atoms with Crippen LogP contribution in [0.1, 0.15) is 33.6 Å². The molecule has 0 saturated carbocycles. The quantitative estimate of drug-likeness (QED) is 0.382. The first-order valence-corrected chi connectivity index (χ1v) is 12.8. The van der Waals surface area contributed by atoms with E-state index in [1.54, 1.807) is 23.5 Å². The number of hydrogen-bond acceptors (Lipinski definition) is 11. The largest absolute Gasteiger partial charge is 0.444 e. The molecule has 1 aliphatic heterocycles. The number of carbonyl (C=O) groups is 1. The van der Waals surface area contributed by atoms with E-state index < -0.39 is 5.60 Å². The number of ether oxygens (including phenoxy) is 1. The summed E-state index contributed by atoms with van der Waals surface area (Å²) in [6.07, 6.45) is 6.50. The highest BCUT2D eigenvalue weighted by atomic mass is 32.1. The summed E-state index contributed by atoms with van der Waals surface area (Å²) in [6, 6.07) is 9.64. The Morgan fingerprint density at radius 1 is 1.14 bits per heavy atom. The molecule has 1 aliphatic rings. The summed E-state index contributed by atoms with van der Waals surface area (Å²) >= 11 is 1.39. The Kier molecular flexibility index (Phi) is 6.95. The summed E-state index contributed by atoms with van der Waals surface area (Å²) < 4.78 is 5.52. The highest BCUT2D eigenvalue weighted by molar-refractivity contribution is 7.18. The van der Waals surface area contributed by atoms with Gasteiger partial charge < -0.3 is 20.3 Å². The molecule has 4 heterocycles. The fourth-order valence-corrected chi connectivity index (χ4v) is 4.57. The number of benzene rings is 1. The maximum Gasteiger partial charge on any atom is 0.410 e. The van der Waals surface area contributed by atoms with Crippen LogP contribution in [0.25, 0.3) is 16.4 Å². The van der Waals surface area contributed by atoms with Gasteiger partial charge >= 0.3 is 6.09 Å². The number of rotatable bonds is 6. The molecule has 0 unspecified atom stereocenters. The Hall–Kier alpha value is -4.13. The number of carbonyl (C=O) groups excluding carboxylic acids is 1. The SMILES string of the molecule is CC(C)(C)OC(=O)N1CCC[C@H](Nc2cncc(Nc3ncc(-c4nnn(-c5ccccc5)n4)s3)n2)C1. The van der Waals surface area contributed by atoms with Crippen LogP contribution in [0, 0.1) is 0 Å². The molecule has 12 nitrogen and oxygen atoms in total. The van der Waals surface area contributed by atoms with Gasteiger partial charge in [-0.3, -0.25) is 4.98 Å². The topological polar surface area (TPSA) is 136 Å². The van der Waals surface area contributed by atoms with Crippen LogP contribution in [0.4, 0.5) is 21.6 Å². The van der Waals surface area contributed by atoms with E-state index in [-0.39, 0.29) is 12.1 Å². The van der Waals surface area contributed by atoms with Gasteiger partial charge in [-0.25, -0.2) is 14.8 Å². The Bertz CT molecular complexity index is 1350. The molecule has 3 aromatic heterocycles. The molecule has 13 heteroatoms. The van der Waals surface area contributed by atoms with Gasteiger partial charge in [-0.1, -0.05) is 29.5 Å². The fourth-order valence-electron chi connectivity index (χ4n) is 3.82. The number of nitrogens with zero attached hydrogens (tertiary/aromatic N) is 8. The van der Waals surface area contributed by atoms with Crippen LogP contribution in [0.3, 0.4) is 0 Å². The fraction of sp³-hybridized carbons (Fsp3) is 0.375. The maximum atomic E-state index is 12.5. The number of hydrogen-bond donors (Lipinski definition) is 2. The van der Waals surface area contributed by atoms with Crippen LogP contribution < -0.4 is 10.6 Å². The minimum absolute atomic E-state index is 0.0515. The second kappa shape index (κ2) is 10.5. The molecule has 0 radical (unpaired) electrons. The van der Waals surface area contributed by atoms with Crippen molar-refractivity contribution in [1.29, 1.82) is 0 Å². The summed E-state index contributed by atoms with van der Waals surface area (Å²) in [5.74, 6) is 1.65. The molecule has 1 fully saturated rings. The predicted molar refractivity (Wildman–Crippen MR) is 140 cm³/mol. The lowest BCUT2D eigenvalue weighted by Crippen LogP contribution is -2.47. The van der Waals surface area contributed by atoms with E-state index in [4.69, 9.17) is 4.74 Å². The molecule has 192 valence electrons. The van der Waals surface area contributed by atoms with Crippen molar-refractivity contribution in [2.75, 3.05) is 23.7 Å². The first kappa shape index (κ1) is 24.6. The zero-order chi connectivity index (χ0) is 25.8. The van der Waals surface area contributed by atoms with Crippen molar-refractivity contribution in [3.8, 4) is 16.4 Å². The number of para-hydroxylation sites is 1. The van der Waals surface area contributed by atoms with Gasteiger partial charge in [0.05, 0.1) is 29.2 Å². The number of tetrazole rings is 1. The summed E-state index contributed by atoms with van der Waals surface area (Å²) in [5.41, 5.74) is 0.309. The third kappa shape index (κ3) is 6.36. The number of amides is 1. The number of nitrogens with one attached hydrogen (secondary N) is 2.